The van der Waals surface area contributed by atoms with Crippen molar-refractivity contribution < 1.29 is 13.5 Å². The highest BCUT2D eigenvalue weighted by molar-refractivity contribution is 6.28. The van der Waals surface area contributed by atoms with E-state index in [0.29, 0.717) is 6.61 Å². The van der Waals surface area contributed by atoms with Crippen LogP contribution >= 0.6 is 11.6 Å². The van der Waals surface area contributed by atoms with Gasteiger partial charge in [-0.3, -0.25) is 0 Å². The quantitative estimate of drug-likeness (QED) is 0.936. The monoisotopic (exact) mass is 286 g/mol. The molecule has 5 nitrogen and oxygen atoms in total. The van der Waals surface area contributed by atoms with Gasteiger partial charge in [-0.05, 0) is 30.7 Å². The van der Waals surface area contributed by atoms with Gasteiger partial charge in [0.2, 0.25) is 11.2 Å². The molecule has 0 aliphatic rings. The van der Waals surface area contributed by atoms with E-state index in [4.69, 9.17) is 16.3 Å². The Morgan fingerprint density at radius 1 is 1.21 bits per heavy atom. The summed E-state index contributed by atoms with van der Waals surface area (Å²) in [5.41, 5.74) is 0.281. The molecule has 0 spiro atoms. The van der Waals surface area contributed by atoms with Crippen molar-refractivity contribution in [1.82, 2.24) is 15.0 Å². The molecule has 0 radical (unpaired) electrons. The van der Waals surface area contributed by atoms with Crippen LogP contribution in [-0.2, 0) is 0 Å². The van der Waals surface area contributed by atoms with Crippen LogP contribution in [0.5, 0.6) is 6.01 Å². The normalized spacial score (nSPS) is 10.3. The van der Waals surface area contributed by atoms with E-state index in [9.17, 15) is 8.78 Å². The van der Waals surface area contributed by atoms with Gasteiger partial charge in [0.15, 0.2) is 11.6 Å². The van der Waals surface area contributed by atoms with E-state index in [1.54, 1.807) is 6.92 Å². The number of anilines is 2. The Morgan fingerprint density at radius 2 is 2.00 bits per heavy atom. The number of hydrogen-bond donors (Lipinski definition) is 1. The molecule has 2 aromatic rings. The van der Waals surface area contributed by atoms with Crippen LogP contribution in [0.1, 0.15) is 6.92 Å². The Labute approximate surface area is 112 Å². The summed E-state index contributed by atoms with van der Waals surface area (Å²) in [6.07, 6.45) is 0. The average Bonchev–Trinajstić information content (AvgIpc) is 2.33. The number of ether oxygens (including phenoxy) is 1. The molecular formula is C11H9ClF2N4O. The fraction of sp³-hybridized carbons (Fsp3) is 0.182. The summed E-state index contributed by atoms with van der Waals surface area (Å²) in [6, 6.07) is 3.36. The van der Waals surface area contributed by atoms with Crippen LogP contribution in [-0.4, -0.2) is 21.6 Å². The number of halogens is 3. The highest BCUT2D eigenvalue weighted by atomic mass is 35.5. The second-order valence-corrected chi connectivity index (χ2v) is 3.74. The number of nitrogens with zero attached hydrogens (tertiary/aromatic N) is 3. The molecular weight excluding hydrogens is 278 g/mol. The molecule has 8 heteroatoms. The van der Waals surface area contributed by atoms with Crippen LogP contribution in [0.15, 0.2) is 18.2 Å². The lowest BCUT2D eigenvalue weighted by Crippen LogP contribution is -2.04. The summed E-state index contributed by atoms with van der Waals surface area (Å²) >= 11 is 5.69. The number of hydrogen-bond acceptors (Lipinski definition) is 5. The first-order valence-corrected chi connectivity index (χ1v) is 5.72. The predicted octanol–water partition coefficient (Wildman–Crippen LogP) is 2.95. The van der Waals surface area contributed by atoms with E-state index in [1.165, 1.54) is 6.07 Å². The molecule has 1 aromatic heterocycles. The minimum Gasteiger partial charge on any atom is -0.464 e. The number of rotatable bonds is 4. The Hall–Kier alpha value is -2.02. The second-order valence-electron chi connectivity index (χ2n) is 3.40. The van der Waals surface area contributed by atoms with Gasteiger partial charge in [0, 0.05) is 11.8 Å². The third kappa shape index (κ3) is 3.47. The first-order valence-electron chi connectivity index (χ1n) is 5.35. The van der Waals surface area contributed by atoms with Crippen molar-refractivity contribution in [2.24, 2.45) is 0 Å². The third-order valence-electron chi connectivity index (χ3n) is 2.04. The van der Waals surface area contributed by atoms with Crippen molar-refractivity contribution in [1.29, 1.82) is 0 Å². The summed E-state index contributed by atoms with van der Waals surface area (Å²) in [4.78, 5) is 11.5. The van der Waals surface area contributed by atoms with Crippen molar-refractivity contribution >= 4 is 23.2 Å². The lowest BCUT2D eigenvalue weighted by Gasteiger charge is -2.07. The number of nitrogens with one attached hydrogen (secondary N) is 1. The summed E-state index contributed by atoms with van der Waals surface area (Å²) in [5.74, 6) is -1.83. The summed E-state index contributed by atoms with van der Waals surface area (Å²) in [7, 11) is 0. The van der Waals surface area contributed by atoms with Gasteiger partial charge in [0.25, 0.3) is 0 Å². The average molecular weight is 287 g/mol. The van der Waals surface area contributed by atoms with Crippen LogP contribution in [0.25, 0.3) is 0 Å². The van der Waals surface area contributed by atoms with Gasteiger partial charge in [0.1, 0.15) is 0 Å². The molecule has 1 heterocycles. The maximum absolute atomic E-state index is 13.0. The molecule has 0 amide bonds. The first-order chi connectivity index (χ1) is 9.08. The molecule has 0 atom stereocenters. The minimum atomic E-state index is -0.977. The molecule has 0 unspecified atom stereocenters. The van der Waals surface area contributed by atoms with Crippen molar-refractivity contribution in [2.75, 3.05) is 11.9 Å². The smallest absolute Gasteiger partial charge is 0.322 e. The minimum absolute atomic E-state index is 0.0487. The molecule has 0 aliphatic carbocycles. The molecule has 0 bridgehead atoms. The van der Waals surface area contributed by atoms with Gasteiger partial charge < -0.3 is 10.1 Å². The van der Waals surface area contributed by atoms with Crippen LogP contribution < -0.4 is 10.1 Å². The fourth-order valence-corrected chi connectivity index (χ4v) is 1.44. The van der Waals surface area contributed by atoms with E-state index >= 15 is 0 Å². The maximum Gasteiger partial charge on any atom is 0.322 e. The second kappa shape index (κ2) is 5.75. The van der Waals surface area contributed by atoms with Gasteiger partial charge >= 0.3 is 6.01 Å². The van der Waals surface area contributed by atoms with Crippen molar-refractivity contribution in [3.05, 3.63) is 35.1 Å². The molecule has 0 saturated carbocycles. The standard InChI is InChI=1S/C11H9ClF2N4O/c1-2-19-11-17-9(12)16-10(18-11)15-6-3-4-7(13)8(14)5-6/h3-5H,2H2,1H3,(H,15,16,17,18). The van der Waals surface area contributed by atoms with Gasteiger partial charge in [-0.15, -0.1) is 0 Å². The van der Waals surface area contributed by atoms with Crippen LogP contribution in [0.3, 0.4) is 0 Å². The van der Waals surface area contributed by atoms with Gasteiger partial charge in [0.05, 0.1) is 6.61 Å². The Morgan fingerprint density at radius 3 is 2.68 bits per heavy atom. The van der Waals surface area contributed by atoms with E-state index in [2.05, 4.69) is 20.3 Å². The molecule has 1 aromatic carbocycles. The zero-order valence-electron chi connectivity index (χ0n) is 9.82. The lowest BCUT2D eigenvalue weighted by atomic mass is 10.3. The van der Waals surface area contributed by atoms with Crippen molar-refractivity contribution in [2.45, 2.75) is 6.92 Å². The largest absolute Gasteiger partial charge is 0.464 e. The van der Waals surface area contributed by atoms with E-state index in [-0.39, 0.29) is 22.9 Å². The summed E-state index contributed by atoms with van der Waals surface area (Å²) in [6.45, 7) is 2.13. The molecule has 19 heavy (non-hydrogen) atoms. The molecule has 0 saturated heterocycles. The fourth-order valence-electron chi connectivity index (χ4n) is 1.28. The van der Waals surface area contributed by atoms with Gasteiger partial charge in [-0.1, -0.05) is 0 Å². The van der Waals surface area contributed by atoms with E-state index < -0.39 is 11.6 Å². The highest BCUT2D eigenvalue weighted by Gasteiger charge is 2.08. The van der Waals surface area contributed by atoms with Gasteiger partial charge in [-0.25, -0.2) is 8.78 Å². The van der Waals surface area contributed by atoms with Crippen LogP contribution in [0, 0.1) is 11.6 Å². The van der Waals surface area contributed by atoms with E-state index in [0.717, 1.165) is 12.1 Å². The molecule has 100 valence electrons. The summed E-state index contributed by atoms with van der Waals surface area (Å²) < 4.78 is 30.9. The highest BCUT2D eigenvalue weighted by Crippen LogP contribution is 2.18. The van der Waals surface area contributed by atoms with Crippen molar-refractivity contribution in [3.63, 3.8) is 0 Å². The van der Waals surface area contributed by atoms with Crippen LogP contribution in [0.4, 0.5) is 20.4 Å². The van der Waals surface area contributed by atoms with Crippen molar-refractivity contribution in [3.8, 4) is 6.01 Å². The topological polar surface area (TPSA) is 59.9 Å². The SMILES string of the molecule is CCOc1nc(Cl)nc(Nc2ccc(F)c(F)c2)n1. The molecule has 0 aliphatic heterocycles. The molecule has 0 fully saturated rings. The number of benzene rings is 1. The molecule has 2 rings (SSSR count). The Kier molecular flexibility index (Phi) is 4.06. The molecule has 1 N–H and O–H groups in total. The zero-order valence-corrected chi connectivity index (χ0v) is 10.6. The predicted molar refractivity (Wildman–Crippen MR) is 65.6 cm³/mol. The Bertz CT molecular complexity index is 597. The van der Waals surface area contributed by atoms with E-state index in [1.807, 2.05) is 0 Å². The van der Waals surface area contributed by atoms with Crippen LogP contribution in [0.2, 0.25) is 5.28 Å². The van der Waals surface area contributed by atoms with Gasteiger partial charge in [-0.2, -0.15) is 15.0 Å². The first kappa shape index (κ1) is 13.4. The maximum atomic E-state index is 13.0. The zero-order chi connectivity index (χ0) is 13.8. The number of aromatic nitrogens is 3. The Balaban J connectivity index is 2.24. The third-order valence-corrected chi connectivity index (χ3v) is 2.21. The summed E-state index contributed by atoms with van der Waals surface area (Å²) in [5, 5.41) is 2.61. The lowest BCUT2D eigenvalue weighted by molar-refractivity contribution is 0.312.